The van der Waals surface area contributed by atoms with Gasteiger partial charge in [0.1, 0.15) is 22.6 Å². The molecule has 6 aromatic rings. The maximum Gasteiger partial charge on any atom is 0.161 e. The van der Waals surface area contributed by atoms with Crippen molar-refractivity contribution in [3.05, 3.63) is 72.8 Å². The van der Waals surface area contributed by atoms with E-state index in [1.54, 1.807) is 18.5 Å². The van der Waals surface area contributed by atoms with Gasteiger partial charge >= 0.3 is 0 Å². The lowest BCUT2D eigenvalue weighted by Gasteiger charge is -2.05. The second-order valence-electron chi connectivity index (χ2n) is 7.40. The van der Waals surface area contributed by atoms with Crippen molar-refractivity contribution in [2.24, 2.45) is 0 Å². The fraction of sp³-hybridized carbons (Fsp3) is 0.0417. The molecule has 9 heteroatoms. The van der Waals surface area contributed by atoms with Crippen LogP contribution in [0.15, 0.2) is 67.0 Å². The number of nitrogens with one attached hydrogen (secondary N) is 2. The highest BCUT2D eigenvalue weighted by atomic mass is 19.1. The van der Waals surface area contributed by atoms with E-state index in [0.717, 1.165) is 22.4 Å². The van der Waals surface area contributed by atoms with Crippen molar-refractivity contribution in [2.45, 2.75) is 0 Å². The van der Waals surface area contributed by atoms with E-state index in [1.807, 2.05) is 36.4 Å². The average molecular weight is 437 g/mol. The number of pyridine rings is 3. The summed E-state index contributed by atoms with van der Waals surface area (Å²) >= 11 is 0. The minimum Gasteiger partial charge on any atom is -0.497 e. The summed E-state index contributed by atoms with van der Waals surface area (Å²) in [4.78, 5) is 21.6. The van der Waals surface area contributed by atoms with Crippen LogP contribution in [-0.2, 0) is 0 Å². The summed E-state index contributed by atoms with van der Waals surface area (Å²) < 4.78 is 19.3. The van der Waals surface area contributed by atoms with Gasteiger partial charge in [0.15, 0.2) is 11.5 Å². The molecule has 0 aliphatic rings. The van der Waals surface area contributed by atoms with E-state index < -0.39 is 5.82 Å². The first-order valence-corrected chi connectivity index (χ1v) is 10.2. The van der Waals surface area contributed by atoms with Crippen LogP contribution in [-0.4, -0.2) is 42.2 Å². The average Bonchev–Trinajstić information content (AvgIpc) is 3.47. The highest BCUT2D eigenvalue weighted by Gasteiger charge is 2.18. The van der Waals surface area contributed by atoms with Crippen molar-refractivity contribution >= 4 is 22.1 Å². The molecule has 160 valence electrons. The molecule has 0 aliphatic heterocycles. The quantitative estimate of drug-likeness (QED) is 0.411. The minimum atomic E-state index is -0.413. The monoisotopic (exact) mass is 437 g/mol. The third kappa shape index (κ3) is 3.26. The standard InChI is InChI=1S/C24H16FN7O/c1-33-15-11-13(10-14(25)12-15)20-21-18(7-9-27-20)29-24(30-21)23-22-19(31-32-23)6-5-17(28-22)16-4-2-3-8-26-16/h2-12H,1H3,(H,29,30)(H,31,32). The van der Waals surface area contributed by atoms with Gasteiger partial charge in [0.25, 0.3) is 0 Å². The SMILES string of the molecule is COc1cc(F)cc(-c2nccc3[nH]c(-c4n[nH]c5ccc(-c6ccccn6)nc45)nc23)c1. The van der Waals surface area contributed by atoms with E-state index in [2.05, 4.69) is 25.1 Å². The molecule has 5 aromatic heterocycles. The Bertz CT molecular complexity index is 1620. The van der Waals surface area contributed by atoms with Gasteiger partial charge in [0.2, 0.25) is 0 Å². The van der Waals surface area contributed by atoms with Crippen LogP contribution < -0.4 is 4.74 Å². The summed E-state index contributed by atoms with van der Waals surface area (Å²) in [6.07, 6.45) is 3.38. The van der Waals surface area contributed by atoms with E-state index in [4.69, 9.17) is 14.7 Å². The van der Waals surface area contributed by atoms with Crippen LogP contribution in [0.3, 0.4) is 0 Å². The summed E-state index contributed by atoms with van der Waals surface area (Å²) in [5.41, 5.74) is 5.96. The number of aromatic nitrogens is 7. The van der Waals surface area contributed by atoms with E-state index in [0.29, 0.717) is 39.6 Å². The summed E-state index contributed by atoms with van der Waals surface area (Å²) in [5.74, 6) is 0.520. The molecule has 0 saturated carbocycles. The third-order valence-electron chi connectivity index (χ3n) is 5.34. The number of H-pyrrole nitrogens is 2. The number of imidazole rings is 1. The van der Waals surface area contributed by atoms with Gasteiger partial charge in [-0.15, -0.1) is 0 Å². The number of halogens is 1. The van der Waals surface area contributed by atoms with Gasteiger partial charge in [-0.25, -0.2) is 14.4 Å². The summed E-state index contributed by atoms with van der Waals surface area (Å²) in [6.45, 7) is 0. The van der Waals surface area contributed by atoms with Crippen molar-refractivity contribution in [1.82, 2.24) is 35.1 Å². The molecule has 6 rings (SSSR count). The second kappa shape index (κ2) is 7.49. The van der Waals surface area contributed by atoms with Gasteiger partial charge in [0.05, 0.1) is 35.2 Å². The van der Waals surface area contributed by atoms with Crippen molar-refractivity contribution in [3.63, 3.8) is 0 Å². The first kappa shape index (κ1) is 19.1. The van der Waals surface area contributed by atoms with E-state index in [1.165, 1.54) is 19.2 Å². The van der Waals surface area contributed by atoms with Crippen LogP contribution in [0.2, 0.25) is 0 Å². The number of ether oxygens (including phenoxy) is 1. The second-order valence-corrected chi connectivity index (χ2v) is 7.40. The van der Waals surface area contributed by atoms with Crippen molar-refractivity contribution in [3.8, 4) is 39.9 Å². The molecular weight excluding hydrogens is 421 g/mol. The number of methoxy groups -OCH3 is 1. The Balaban J connectivity index is 1.50. The molecule has 0 bridgehead atoms. The Kier molecular flexibility index (Phi) is 4.32. The number of rotatable bonds is 4. The number of aromatic amines is 2. The van der Waals surface area contributed by atoms with Crippen LogP contribution in [0.25, 0.3) is 56.2 Å². The largest absolute Gasteiger partial charge is 0.497 e. The molecule has 0 radical (unpaired) electrons. The fourth-order valence-electron chi connectivity index (χ4n) is 3.80. The highest BCUT2D eigenvalue weighted by molar-refractivity contribution is 5.95. The molecule has 8 nitrogen and oxygen atoms in total. The number of benzene rings is 1. The molecule has 1 aromatic carbocycles. The molecule has 33 heavy (non-hydrogen) atoms. The lowest BCUT2D eigenvalue weighted by Crippen LogP contribution is -1.90. The molecule has 5 heterocycles. The zero-order chi connectivity index (χ0) is 22.4. The Morgan fingerprint density at radius 3 is 2.58 bits per heavy atom. The molecule has 0 saturated heterocycles. The van der Waals surface area contributed by atoms with Gasteiger partial charge in [0, 0.05) is 24.0 Å². The van der Waals surface area contributed by atoms with Gasteiger partial charge in [-0.1, -0.05) is 6.07 Å². The van der Waals surface area contributed by atoms with Crippen LogP contribution in [0.4, 0.5) is 4.39 Å². The smallest absolute Gasteiger partial charge is 0.161 e. The summed E-state index contributed by atoms with van der Waals surface area (Å²) in [7, 11) is 1.49. The third-order valence-corrected chi connectivity index (χ3v) is 5.34. The van der Waals surface area contributed by atoms with Gasteiger partial charge in [-0.3, -0.25) is 15.1 Å². The van der Waals surface area contributed by atoms with Gasteiger partial charge < -0.3 is 9.72 Å². The van der Waals surface area contributed by atoms with Gasteiger partial charge in [-0.2, -0.15) is 5.10 Å². The molecule has 2 N–H and O–H groups in total. The Labute approximate surface area is 186 Å². The van der Waals surface area contributed by atoms with E-state index >= 15 is 0 Å². The van der Waals surface area contributed by atoms with E-state index in [9.17, 15) is 4.39 Å². The van der Waals surface area contributed by atoms with Crippen molar-refractivity contribution < 1.29 is 9.13 Å². The van der Waals surface area contributed by atoms with Crippen LogP contribution in [0, 0.1) is 5.82 Å². The summed E-state index contributed by atoms with van der Waals surface area (Å²) in [6, 6.07) is 15.8. The molecular formula is C24H16FN7O. The first-order chi connectivity index (χ1) is 16.2. The predicted molar refractivity (Wildman–Crippen MR) is 122 cm³/mol. The number of hydrogen-bond donors (Lipinski definition) is 2. The highest BCUT2D eigenvalue weighted by Crippen LogP contribution is 2.32. The molecule has 0 aliphatic carbocycles. The normalized spacial score (nSPS) is 11.3. The predicted octanol–water partition coefficient (Wildman–Crippen LogP) is 4.77. The van der Waals surface area contributed by atoms with Crippen LogP contribution in [0.5, 0.6) is 5.75 Å². The Morgan fingerprint density at radius 2 is 1.73 bits per heavy atom. The Morgan fingerprint density at radius 1 is 0.818 bits per heavy atom. The lowest BCUT2D eigenvalue weighted by molar-refractivity contribution is 0.411. The minimum absolute atomic E-state index is 0.407. The van der Waals surface area contributed by atoms with Gasteiger partial charge in [-0.05, 0) is 42.5 Å². The molecule has 0 spiro atoms. The summed E-state index contributed by atoms with van der Waals surface area (Å²) in [5, 5.41) is 7.44. The molecule has 0 amide bonds. The lowest BCUT2D eigenvalue weighted by atomic mass is 10.1. The maximum absolute atomic E-state index is 14.1. The zero-order valence-electron chi connectivity index (χ0n) is 17.4. The number of hydrogen-bond acceptors (Lipinski definition) is 6. The molecule has 0 atom stereocenters. The van der Waals surface area contributed by atoms with Crippen LogP contribution in [0.1, 0.15) is 0 Å². The fourth-order valence-corrected chi connectivity index (χ4v) is 3.80. The maximum atomic E-state index is 14.1. The topological polar surface area (TPSA) is 105 Å². The van der Waals surface area contributed by atoms with Crippen LogP contribution >= 0.6 is 0 Å². The van der Waals surface area contributed by atoms with Crippen molar-refractivity contribution in [1.29, 1.82) is 0 Å². The first-order valence-electron chi connectivity index (χ1n) is 10.2. The number of fused-ring (bicyclic) bond motifs is 2. The number of nitrogens with zero attached hydrogens (tertiary/aromatic N) is 5. The van der Waals surface area contributed by atoms with E-state index in [-0.39, 0.29) is 0 Å². The zero-order valence-corrected chi connectivity index (χ0v) is 17.4. The molecule has 0 fully saturated rings. The van der Waals surface area contributed by atoms with Crippen molar-refractivity contribution in [2.75, 3.05) is 7.11 Å². The molecule has 0 unspecified atom stereocenters. The Hall–Kier alpha value is -4.66.